The summed E-state index contributed by atoms with van der Waals surface area (Å²) in [5, 5.41) is 47.0. The van der Waals surface area contributed by atoms with Gasteiger partial charge in [0, 0.05) is 34.4 Å². The number of ether oxygens (including phenoxy) is 2. The highest BCUT2D eigenvalue weighted by atomic mass is 16.6. The van der Waals surface area contributed by atoms with Crippen LogP contribution in [0.4, 0.5) is 5.69 Å². The molecular formula is C24H21N5O6. The van der Waals surface area contributed by atoms with Gasteiger partial charge < -0.3 is 19.7 Å². The zero-order valence-corrected chi connectivity index (χ0v) is 18.8. The average molecular weight is 475 g/mol. The molecule has 0 saturated heterocycles. The van der Waals surface area contributed by atoms with Crippen molar-refractivity contribution in [1.29, 1.82) is 0 Å². The summed E-state index contributed by atoms with van der Waals surface area (Å²) in [6.45, 7) is 0. The first-order chi connectivity index (χ1) is 16.9. The Kier molecular flexibility index (Phi) is 8.22. The number of non-ortho nitro benzene ring substituents is 1. The number of nitro benzene ring substituents is 1. The van der Waals surface area contributed by atoms with Crippen LogP contribution in [0.2, 0.25) is 0 Å². The third-order valence-corrected chi connectivity index (χ3v) is 4.61. The van der Waals surface area contributed by atoms with Gasteiger partial charge in [-0.25, -0.2) is 0 Å². The van der Waals surface area contributed by atoms with Crippen LogP contribution >= 0.6 is 0 Å². The van der Waals surface area contributed by atoms with Crippen LogP contribution in [0.5, 0.6) is 23.0 Å². The number of hydrogen-bond acceptors (Lipinski definition) is 10. The van der Waals surface area contributed by atoms with Gasteiger partial charge in [0.05, 0.1) is 44.0 Å². The van der Waals surface area contributed by atoms with Crippen molar-refractivity contribution >= 4 is 30.5 Å². The predicted octanol–water partition coefficient (Wildman–Crippen LogP) is 3.93. The van der Waals surface area contributed by atoms with Crippen molar-refractivity contribution in [3.05, 3.63) is 87.0 Å². The van der Waals surface area contributed by atoms with E-state index in [4.69, 9.17) is 9.47 Å². The topological polar surface area (TPSA) is 152 Å². The number of nitrogens with zero attached hydrogens (tertiary/aromatic N) is 5. The van der Waals surface area contributed by atoms with Gasteiger partial charge in [-0.3, -0.25) is 10.1 Å². The highest BCUT2D eigenvalue weighted by molar-refractivity contribution is 5.90. The summed E-state index contributed by atoms with van der Waals surface area (Å²) in [7, 11) is 2.87. The monoisotopic (exact) mass is 475 g/mol. The Balaban J connectivity index is 1.78. The van der Waals surface area contributed by atoms with Gasteiger partial charge in [0.2, 0.25) is 0 Å². The maximum absolute atomic E-state index is 11.3. The van der Waals surface area contributed by atoms with Crippen LogP contribution in [-0.4, -0.2) is 54.2 Å². The molecule has 0 saturated carbocycles. The Hall–Kier alpha value is -5.06. The lowest BCUT2D eigenvalue weighted by Crippen LogP contribution is -1.94. The summed E-state index contributed by atoms with van der Waals surface area (Å²) in [4.78, 5) is 10.8. The Morgan fingerprint density at radius 3 is 1.57 bits per heavy atom. The van der Waals surface area contributed by atoms with Gasteiger partial charge in [-0.1, -0.05) is 12.1 Å². The fraction of sp³-hybridized carbons (Fsp3) is 0.0833. The van der Waals surface area contributed by atoms with Gasteiger partial charge in [-0.05, 0) is 30.3 Å². The van der Waals surface area contributed by atoms with Gasteiger partial charge in [-0.2, -0.15) is 20.4 Å². The molecule has 0 bridgehead atoms. The lowest BCUT2D eigenvalue weighted by Gasteiger charge is -2.04. The number of rotatable bonds is 9. The molecule has 0 radical (unpaired) electrons. The normalized spacial score (nSPS) is 11.7. The summed E-state index contributed by atoms with van der Waals surface area (Å²) < 4.78 is 10.1. The molecule has 11 heteroatoms. The van der Waals surface area contributed by atoms with Crippen molar-refractivity contribution < 1.29 is 24.6 Å². The SMILES string of the molecule is COc1cccc(/C=N/N=C/c2cc(/C=N/N=C/c3cccc(OC)c3O)cc([N+](=O)[O-])c2)c1O. The smallest absolute Gasteiger partial charge is 0.270 e. The fourth-order valence-corrected chi connectivity index (χ4v) is 2.92. The van der Waals surface area contributed by atoms with E-state index in [0.29, 0.717) is 33.8 Å². The van der Waals surface area contributed by atoms with Gasteiger partial charge in [0.1, 0.15) is 0 Å². The van der Waals surface area contributed by atoms with Crippen LogP contribution in [0.25, 0.3) is 0 Å². The van der Waals surface area contributed by atoms with Crippen molar-refractivity contribution in [2.45, 2.75) is 0 Å². The molecule has 178 valence electrons. The number of phenolic OH excluding ortho intramolecular Hbond substituents is 2. The lowest BCUT2D eigenvalue weighted by molar-refractivity contribution is -0.384. The fourth-order valence-electron chi connectivity index (χ4n) is 2.92. The maximum Gasteiger partial charge on any atom is 0.270 e. The van der Waals surface area contributed by atoms with E-state index in [1.54, 1.807) is 42.5 Å². The summed E-state index contributed by atoms with van der Waals surface area (Å²) in [5.41, 5.74) is 1.44. The van der Waals surface area contributed by atoms with Gasteiger partial charge in [0.25, 0.3) is 5.69 Å². The van der Waals surface area contributed by atoms with Crippen LogP contribution in [0.15, 0.2) is 75.0 Å². The standard InChI is InChI=1S/C24H21N5O6/c1-34-21-7-3-5-18(23(21)30)14-27-25-12-16-9-17(11-20(10-16)29(32)33)13-26-28-15-19-6-4-8-22(35-2)24(19)31/h3-15,30-31H,1-2H3/b25-12+,26-13+,27-14+,28-15+. The molecule has 0 aliphatic rings. The number of methoxy groups -OCH3 is 2. The molecular weight excluding hydrogens is 454 g/mol. The Morgan fingerprint density at radius 1 is 0.743 bits per heavy atom. The van der Waals surface area contributed by atoms with E-state index in [-0.39, 0.29) is 17.2 Å². The second kappa shape index (κ2) is 11.7. The molecule has 0 aliphatic heterocycles. The average Bonchev–Trinajstić information content (AvgIpc) is 2.86. The Bertz CT molecular complexity index is 1240. The molecule has 0 spiro atoms. The summed E-state index contributed by atoms with van der Waals surface area (Å²) in [6.07, 6.45) is 5.32. The number of hydrogen-bond donors (Lipinski definition) is 2. The van der Waals surface area contributed by atoms with Crippen molar-refractivity contribution in [3.8, 4) is 23.0 Å². The maximum atomic E-state index is 11.3. The van der Waals surface area contributed by atoms with E-state index < -0.39 is 4.92 Å². The number of nitro groups is 1. The van der Waals surface area contributed by atoms with Crippen molar-refractivity contribution in [1.82, 2.24) is 0 Å². The van der Waals surface area contributed by atoms with Crippen molar-refractivity contribution in [2.75, 3.05) is 14.2 Å². The van der Waals surface area contributed by atoms with Crippen LogP contribution in [0.3, 0.4) is 0 Å². The molecule has 35 heavy (non-hydrogen) atoms. The van der Waals surface area contributed by atoms with Gasteiger partial charge in [-0.15, -0.1) is 0 Å². The molecule has 3 aromatic rings. The minimum Gasteiger partial charge on any atom is -0.504 e. The molecule has 0 unspecified atom stereocenters. The minimum absolute atomic E-state index is 0.0781. The molecule has 0 aliphatic carbocycles. The number of aromatic hydroxyl groups is 2. The minimum atomic E-state index is -0.538. The third-order valence-electron chi connectivity index (χ3n) is 4.61. The molecule has 3 aromatic carbocycles. The zero-order valence-electron chi connectivity index (χ0n) is 18.8. The largest absolute Gasteiger partial charge is 0.504 e. The third kappa shape index (κ3) is 6.48. The van der Waals surface area contributed by atoms with Crippen LogP contribution < -0.4 is 9.47 Å². The summed E-state index contributed by atoms with van der Waals surface area (Å²) in [6, 6.07) is 14.1. The first kappa shape index (κ1) is 24.6. The molecule has 0 amide bonds. The Labute approximate surface area is 200 Å². The van der Waals surface area contributed by atoms with E-state index in [1.807, 2.05) is 0 Å². The molecule has 0 fully saturated rings. The van der Waals surface area contributed by atoms with E-state index in [0.717, 1.165) is 0 Å². The Morgan fingerprint density at radius 2 is 1.17 bits per heavy atom. The highest BCUT2D eigenvalue weighted by Gasteiger charge is 2.09. The quantitative estimate of drug-likeness (QED) is 0.272. The molecule has 3 rings (SSSR count). The van der Waals surface area contributed by atoms with Crippen molar-refractivity contribution in [2.24, 2.45) is 20.4 Å². The first-order valence-electron chi connectivity index (χ1n) is 10.1. The van der Waals surface area contributed by atoms with Crippen LogP contribution in [0.1, 0.15) is 22.3 Å². The van der Waals surface area contributed by atoms with Crippen molar-refractivity contribution in [3.63, 3.8) is 0 Å². The molecule has 0 aromatic heterocycles. The zero-order chi connectivity index (χ0) is 25.2. The first-order valence-corrected chi connectivity index (χ1v) is 10.1. The second-order valence-electron chi connectivity index (χ2n) is 6.89. The molecule has 0 heterocycles. The summed E-state index contributed by atoms with van der Waals surface area (Å²) in [5.74, 6) is 0.436. The molecule has 11 nitrogen and oxygen atoms in total. The van der Waals surface area contributed by atoms with E-state index in [2.05, 4.69) is 20.4 Å². The van der Waals surface area contributed by atoms with E-state index in [9.17, 15) is 20.3 Å². The van der Waals surface area contributed by atoms with Crippen LogP contribution in [-0.2, 0) is 0 Å². The predicted molar refractivity (Wildman–Crippen MR) is 133 cm³/mol. The van der Waals surface area contributed by atoms with Crippen LogP contribution in [0, 0.1) is 10.1 Å². The second-order valence-corrected chi connectivity index (χ2v) is 6.89. The van der Waals surface area contributed by atoms with E-state index >= 15 is 0 Å². The molecule has 0 atom stereocenters. The van der Waals surface area contributed by atoms with Gasteiger partial charge in [0.15, 0.2) is 23.0 Å². The number of benzene rings is 3. The highest BCUT2D eigenvalue weighted by Crippen LogP contribution is 2.28. The lowest BCUT2D eigenvalue weighted by atomic mass is 10.1. The molecule has 2 N–H and O–H groups in total. The van der Waals surface area contributed by atoms with E-state index in [1.165, 1.54) is 51.2 Å². The summed E-state index contributed by atoms with van der Waals surface area (Å²) >= 11 is 0. The number of para-hydroxylation sites is 2. The van der Waals surface area contributed by atoms with Gasteiger partial charge >= 0.3 is 0 Å². The number of phenols is 2.